The monoisotopic (exact) mass is 435 g/mol. The highest BCUT2D eigenvalue weighted by Crippen LogP contribution is 2.34. The van der Waals surface area contributed by atoms with Gasteiger partial charge in [-0.25, -0.2) is 18.8 Å². The number of halogens is 1. The van der Waals surface area contributed by atoms with E-state index in [2.05, 4.69) is 10.1 Å². The number of carbonyl (C=O) groups excluding carboxylic acids is 4. The van der Waals surface area contributed by atoms with E-state index in [9.17, 15) is 23.6 Å². The molecule has 158 valence electrons. The molecule has 0 aliphatic carbocycles. The number of methoxy groups -OCH3 is 2. The van der Waals surface area contributed by atoms with Gasteiger partial charge in [-0.3, -0.25) is 4.79 Å². The summed E-state index contributed by atoms with van der Waals surface area (Å²) in [6.07, 6.45) is 2.49. The van der Waals surface area contributed by atoms with Crippen molar-refractivity contribution in [2.24, 2.45) is 0 Å². The first kappa shape index (κ1) is 22.8. The van der Waals surface area contributed by atoms with Crippen LogP contribution in [0.1, 0.15) is 31.2 Å². The van der Waals surface area contributed by atoms with Crippen LogP contribution in [0.15, 0.2) is 30.3 Å². The molecule has 0 spiro atoms. The van der Waals surface area contributed by atoms with Gasteiger partial charge < -0.3 is 19.5 Å². The Morgan fingerprint density at radius 2 is 1.70 bits per heavy atom. The maximum atomic E-state index is 12.9. The van der Waals surface area contributed by atoms with E-state index in [1.165, 1.54) is 44.4 Å². The second-order valence-corrected chi connectivity index (χ2v) is 6.80. The van der Waals surface area contributed by atoms with E-state index in [1.807, 2.05) is 0 Å². The van der Waals surface area contributed by atoms with Crippen LogP contribution in [0.2, 0.25) is 0 Å². The molecule has 2 rings (SSSR count). The van der Waals surface area contributed by atoms with Crippen LogP contribution in [0, 0.1) is 12.7 Å². The second kappa shape index (κ2) is 10.3. The fourth-order valence-corrected chi connectivity index (χ4v) is 3.45. The molecule has 1 amide bonds. The third-order valence-electron chi connectivity index (χ3n) is 3.79. The molecule has 0 saturated heterocycles. The molecule has 30 heavy (non-hydrogen) atoms. The Hall–Kier alpha value is -3.53. The van der Waals surface area contributed by atoms with Gasteiger partial charge in [-0.05, 0) is 36.3 Å². The highest BCUT2D eigenvalue weighted by atomic mass is 32.1. The molecule has 0 radical (unpaired) electrons. The molecule has 0 saturated carbocycles. The van der Waals surface area contributed by atoms with Crippen molar-refractivity contribution >= 4 is 46.2 Å². The van der Waals surface area contributed by atoms with Crippen LogP contribution in [0.5, 0.6) is 0 Å². The Bertz CT molecular complexity index is 995. The maximum Gasteiger partial charge on any atom is 0.348 e. The Labute approximate surface area is 175 Å². The summed E-state index contributed by atoms with van der Waals surface area (Å²) in [6, 6.07) is 5.42. The summed E-state index contributed by atoms with van der Waals surface area (Å²) in [5.74, 6) is -3.33. The van der Waals surface area contributed by atoms with Gasteiger partial charge in [0.15, 0.2) is 6.61 Å². The van der Waals surface area contributed by atoms with E-state index in [0.29, 0.717) is 11.1 Å². The minimum atomic E-state index is -0.791. The first-order valence-corrected chi connectivity index (χ1v) is 9.28. The summed E-state index contributed by atoms with van der Waals surface area (Å²) in [5.41, 5.74) is 0.886. The number of benzene rings is 1. The third-order valence-corrected chi connectivity index (χ3v) is 4.97. The van der Waals surface area contributed by atoms with Crippen molar-refractivity contribution in [1.29, 1.82) is 0 Å². The molecule has 8 nitrogen and oxygen atoms in total. The number of rotatable bonds is 7. The number of anilines is 1. The fraction of sp³-hybridized carbons (Fsp3) is 0.200. The van der Waals surface area contributed by atoms with Crippen molar-refractivity contribution in [3.63, 3.8) is 0 Å². The highest BCUT2D eigenvalue weighted by Gasteiger charge is 2.26. The summed E-state index contributed by atoms with van der Waals surface area (Å²) in [7, 11) is 2.36. The Balaban J connectivity index is 2.03. The molecule has 0 unspecified atom stereocenters. The molecule has 0 bridgehead atoms. The van der Waals surface area contributed by atoms with E-state index in [1.54, 1.807) is 0 Å². The molecule has 0 fully saturated rings. The van der Waals surface area contributed by atoms with E-state index in [4.69, 9.17) is 9.47 Å². The molecular formula is C20H18FNO7S. The largest absolute Gasteiger partial charge is 0.465 e. The van der Waals surface area contributed by atoms with Crippen LogP contribution in [0.25, 0.3) is 6.08 Å². The zero-order valence-electron chi connectivity index (χ0n) is 16.3. The SMILES string of the molecule is COC(=O)c1sc(NC(=O)COC(=O)/C=C/c2ccc(F)cc2)c(C(=O)OC)c1C. The van der Waals surface area contributed by atoms with Gasteiger partial charge >= 0.3 is 17.9 Å². The number of amides is 1. The zero-order valence-corrected chi connectivity index (χ0v) is 17.1. The Kier molecular flexibility index (Phi) is 7.82. The number of nitrogens with one attached hydrogen (secondary N) is 1. The summed E-state index contributed by atoms with van der Waals surface area (Å²) >= 11 is 0.841. The molecule has 1 aromatic carbocycles. The number of thiophene rings is 1. The van der Waals surface area contributed by atoms with Gasteiger partial charge in [0.1, 0.15) is 15.7 Å². The van der Waals surface area contributed by atoms with Crippen molar-refractivity contribution in [2.75, 3.05) is 26.1 Å². The first-order chi connectivity index (χ1) is 14.3. The molecule has 0 atom stereocenters. The van der Waals surface area contributed by atoms with Gasteiger partial charge in [0.2, 0.25) is 0 Å². The van der Waals surface area contributed by atoms with Gasteiger partial charge in [0.25, 0.3) is 5.91 Å². The van der Waals surface area contributed by atoms with Crippen LogP contribution in [-0.4, -0.2) is 44.6 Å². The van der Waals surface area contributed by atoms with Crippen LogP contribution >= 0.6 is 11.3 Å². The van der Waals surface area contributed by atoms with Crippen molar-refractivity contribution in [1.82, 2.24) is 0 Å². The van der Waals surface area contributed by atoms with Crippen LogP contribution < -0.4 is 5.32 Å². The maximum absolute atomic E-state index is 12.9. The number of ether oxygens (including phenoxy) is 3. The Morgan fingerprint density at radius 1 is 1.07 bits per heavy atom. The lowest BCUT2D eigenvalue weighted by atomic mass is 10.1. The molecular weight excluding hydrogens is 417 g/mol. The number of esters is 3. The quantitative estimate of drug-likeness (QED) is 0.405. The van der Waals surface area contributed by atoms with Crippen LogP contribution in [0.3, 0.4) is 0 Å². The molecule has 1 N–H and O–H groups in total. The number of carbonyl (C=O) groups is 4. The highest BCUT2D eigenvalue weighted by molar-refractivity contribution is 7.18. The van der Waals surface area contributed by atoms with E-state index in [-0.39, 0.29) is 15.4 Å². The normalized spacial score (nSPS) is 10.5. The van der Waals surface area contributed by atoms with E-state index < -0.39 is 36.2 Å². The van der Waals surface area contributed by atoms with Gasteiger partial charge in [0.05, 0.1) is 19.8 Å². The first-order valence-electron chi connectivity index (χ1n) is 8.47. The molecule has 1 aromatic heterocycles. The summed E-state index contributed by atoms with van der Waals surface area (Å²) < 4.78 is 27.0. The molecule has 0 aliphatic rings. The lowest BCUT2D eigenvalue weighted by Crippen LogP contribution is -2.21. The average Bonchev–Trinajstić information content (AvgIpc) is 3.06. The Morgan fingerprint density at radius 3 is 2.30 bits per heavy atom. The molecule has 2 aromatic rings. The van der Waals surface area contributed by atoms with Crippen molar-refractivity contribution in [3.8, 4) is 0 Å². The van der Waals surface area contributed by atoms with Gasteiger partial charge in [0, 0.05) is 6.08 Å². The van der Waals surface area contributed by atoms with Crippen molar-refractivity contribution < 1.29 is 37.8 Å². The third kappa shape index (κ3) is 5.74. The summed E-state index contributed by atoms with van der Waals surface area (Å²) in [4.78, 5) is 47.9. The number of hydrogen-bond acceptors (Lipinski definition) is 8. The smallest absolute Gasteiger partial charge is 0.348 e. The van der Waals surface area contributed by atoms with Crippen molar-refractivity contribution in [2.45, 2.75) is 6.92 Å². The van der Waals surface area contributed by atoms with Gasteiger partial charge in [-0.15, -0.1) is 11.3 Å². The lowest BCUT2D eigenvalue weighted by Gasteiger charge is -2.06. The molecule has 0 aliphatic heterocycles. The van der Waals surface area contributed by atoms with E-state index in [0.717, 1.165) is 24.5 Å². The molecule has 1 heterocycles. The predicted molar refractivity (Wildman–Crippen MR) is 107 cm³/mol. The summed E-state index contributed by atoms with van der Waals surface area (Å²) in [6.45, 7) is 0.892. The van der Waals surface area contributed by atoms with Crippen LogP contribution in [0.4, 0.5) is 9.39 Å². The van der Waals surface area contributed by atoms with Gasteiger partial charge in [-0.1, -0.05) is 12.1 Å². The lowest BCUT2D eigenvalue weighted by molar-refractivity contribution is -0.142. The topological polar surface area (TPSA) is 108 Å². The number of hydrogen-bond donors (Lipinski definition) is 1. The van der Waals surface area contributed by atoms with Crippen molar-refractivity contribution in [3.05, 3.63) is 57.7 Å². The molecule has 10 heteroatoms. The van der Waals surface area contributed by atoms with Crippen LogP contribution in [-0.2, 0) is 23.8 Å². The van der Waals surface area contributed by atoms with Gasteiger partial charge in [-0.2, -0.15) is 0 Å². The zero-order chi connectivity index (χ0) is 22.3. The second-order valence-electron chi connectivity index (χ2n) is 5.78. The minimum absolute atomic E-state index is 0.0128. The summed E-state index contributed by atoms with van der Waals surface area (Å²) in [5, 5.41) is 2.50. The minimum Gasteiger partial charge on any atom is -0.465 e. The standard InChI is InChI=1S/C20H18FNO7S/c1-11-16(19(25)27-2)18(30-17(11)20(26)28-3)22-14(23)10-29-15(24)9-6-12-4-7-13(21)8-5-12/h4-9H,10H2,1-3H3,(H,22,23)/b9-6+. The average molecular weight is 435 g/mol. The van der Waals surface area contributed by atoms with E-state index >= 15 is 0 Å². The fourth-order valence-electron chi connectivity index (χ4n) is 2.32. The predicted octanol–water partition coefficient (Wildman–Crippen LogP) is 2.96.